The van der Waals surface area contributed by atoms with Crippen molar-refractivity contribution in [3.63, 3.8) is 0 Å². The Morgan fingerprint density at radius 3 is 2.22 bits per heavy atom. The third-order valence-electron chi connectivity index (χ3n) is 4.15. The van der Waals surface area contributed by atoms with Crippen molar-refractivity contribution >= 4 is 16.0 Å². The van der Waals surface area contributed by atoms with Crippen molar-refractivity contribution in [1.29, 1.82) is 0 Å². The SMILES string of the molecule is COc1ccc(S(=O)(=O)N2CCN(c3nccc(C(F)(F)F)n3)CC2)cc1. The highest BCUT2D eigenvalue weighted by molar-refractivity contribution is 7.89. The molecule has 1 aromatic heterocycles. The molecule has 7 nitrogen and oxygen atoms in total. The highest BCUT2D eigenvalue weighted by Crippen LogP contribution is 2.28. The van der Waals surface area contributed by atoms with Crippen molar-refractivity contribution in [3.05, 3.63) is 42.2 Å². The number of aromatic nitrogens is 2. The average molecular weight is 402 g/mol. The number of rotatable bonds is 4. The largest absolute Gasteiger partial charge is 0.497 e. The van der Waals surface area contributed by atoms with Crippen LogP contribution in [-0.2, 0) is 16.2 Å². The zero-order valence-corrected chi connectivity index (χ0v) is 15.2. The van der Waals surface area contributed by atoms with Crippen molar-refractivity contribution in [2.24, 2.45) is 0 Å². The first-order valence-corrected chi connectivity index (χ1v) is 9.45. The zero-order chi connectivity index (χ0) is 19.7. The van der Waals surface area contributed by atoms with Gasteiger partial charge in [0.25, 0.3) is 0 Å². The first-order valence-electron chi connectivity index (χ1n) is 8.01. The molecular formula is C16H17F3N4O3S. The summed E-state index contributed by atoms with van der Waals surface area (Å²) in [6.45, 7) is 0.620. The number of hydrogen-bond donors (Lipinski definition) is 0. The molecule has 1 aliphatic heterocycles. The van der Waals surface area contributed by atoms with Crippen molar-refractivity contribution in [1.82, 2.24) is 14.3 Å². The number of alkyl halides is 3. The highest BCUT2D eigenvalue weighted by Gasteiger charge is 2.34. The number of methoxy groups -OCH3 is 1. The average Bonchev–Trinajstić information content (AvgIpc) is 2.67. The minimum absolute atomic E-state index is 0.0636. The predicted octanol–water partition coefficient (Wildman–Crippen LogP) is 2.01. The smallest absolute Gasteiger partial charge is 0.433 e. The van der Waals surface area contributed by atoms with E-state index in [1.54, 1.807) is 12.1 Å². The Morgan fingerprint density at radius 1 is 1.04 bits per heavy atom. The van der Waals surface area contributed by atoms with Gasteiger partial charge in [0.15, 0.2) is 0 Å². The topological polar surface area (TPSA) is 75.6 Å². The van der Waals surface area contributed by atoms with Crippen LogP contribution in [-0.4, -0.2) is 56.0 Å². The maximum Gasteiger partial charge on any atom is 0.433 e. The van der Waals surface area contributed by atoms with Crippen molar-refractivity contribution in [3.8, 4) is 5.75 Å². The second-order valence-corrected chi connectivity index (χ2v) is 7.74. The fourth-order valence-electron chi connectivity index (χ4n) is 2.68. The van der Waals surface area contributed by atoms with E-state index in [0.717, 1.165) is 12.3 Å². The molecule has 0 bridgehead atoms. The Bertz CT molecular complexity index is 896. The second kappa shape index (κ2) is 7.31. The van der Waals surface area contributed by atoms with Gasteiger partial charge in [-0.15, -0.1) is 0 Å². The summed E-state index contributed by atoms with van der Waals surface area (Å²) in [5, 5.41) is 0. The number of sulfonamides is 1. The number of nitrogens with zero attached hydrogens (tertiary/aromatic N) is 4. The molecule has 2 aromatic rings. The summed E-state index contributed by atoms with van der Waals surface area (Å²) in [7, 11) is -2.21. The minimum Gasteiger partial charge on any atom is -0.497 e. The fraction of sp³-hybridized carbons (Fsp3) is 0.375. The summed E-state index contributed by atoms with van der Waals surface area (Å²) in [4.78, 5) is 9.08. The second-order valence-electron chi connectivity index (χ2n) is 5.81. The van der Waals surface area contributed by atoms with Gasteiger partial charge in [0.2, 0.25) is 16.0 Å². The van der Waals surface area contributed by atoms with Crippen LogP contribution in [0.1, 0.15) is 5.69 Å². The normalized spacial score (nSPS) is 16.4. The van der Waals surface area contributed by atoms with Gasteiger partial charge in [-0.2, -0.15) is 17.5 Å². The summed E-state index contributed by atoms with van der Waals surface area (Å²) in [5.74, 6) is 0.479. The molecule has 1 aromatic carbocycles. The van der Waals surface area contributed by atoms with Crippen LogP contribution in [0.15, 0.2) is 41.4 Å². The van der Waals surface area contributed by atoms with Crippen LogP contribution >= 0.6 is 0 Å². The summed E-state index contributed by atoms with van der Waals surface area (Å²) >= 11 is 0. The van der Waals surface area contributed by atoms with E-state index in [9.17, 15) is 21.6 Å². The molecule has 11 heteroatoms. The monoisotopic (exact) mass is 402 g/mol. The van der Waals surface area contributed by atoms with E-state index in [0.29, 0.717) is 5.75 Å². The fourth-order valence-corrected chi connectivity index (χ4v) is 4.11. The van der Waals surface area contributed by atoms with E-state index in [1.807, 2.05) is 0 Å². The lowest BCUT2D eigenvalue weighted by Gasteiger charge is -2.34. The number of anilines is 1. The number of ether oxygens (including phenoxy) is 1. The minimum atomic E-state index is -4.56. The van der Waals surface area contributed by atoms with Gasteiger partial charge < -0.3 is 9.64 Å². The van der Waals surface area contributed by atoms with Crippen LogP contribution in [0.5, 0.6) is 5.75 Å². The lowest BCUT2D eigenvalue weighted by Crippen LogP contribution is -2.49. The predicted molar refractivity (Wildman–Crippen MR) is 91.0 cm³/mol. The maximum absolute atomic E-state index is 12.8. The first kappa shape index (κ1) is 19.4. The van der Waals surface area contributed by atoms with Crippen molar-refractivity contribution in [2.45, 2.75) is 11.1 Å². The molecule has 0 radical (unpaired) electrons. The van der Waals surface area contributed by atoms with Crippen molar-refractivity contribution in [2.75, 3.05) is 38.2 Å². The Balaban J connectivity index is 1.71. The lowest BCUT2D eigenvalue weighted by atomic mass is 10.3. The van der Waals surface area contributed by atoms with Gasteiger partial charge in [0.1, 0.15) is 11.4 Å². The summed E-state index contributed by atoms with van der Waals surface area (Å²) < 4.78 is 70.1. The Morgan fingerprint density at radius 2 is 1.67 bits per heavy atom. The van der Waals surface area contributed by atoms with Gasteiger partial charge in [0, 0.05) is 32.4 Å². The molecule has 0 spiro atoms. The van der Waals surface area contributed by atoms with Crippen LogP contribution in [0.4, 0.5) is 19.1 Å². The Kier molecular flexibility index (Phi) is 5.24. The summed E-state index contributed by atoms with van der Waals surface area (Å²) in [5.41, 5.74) is -1.03. The van der Waals surface area contributed by atoms with E-state index >= 15 is 0 Å². The van der Waals surface area contributed by atoms with Crippen LogP contribution < -0.4 is 9.64 Å². The Hall–Kier alpha value is -2.40. The molecule has 2 heterocycles. The molecule has 1 saturated heterocycles. The van der Waals surface area contributed by atoms with Gasteiger partial charge in [-0.3, -0.25) is 0 Å². The van der Waals surface area contributed by atoms with Crippen LogP contribution in [0.2, 0.25) is 0 Å². The number of halogens is 3. The van der Waals surface area contributed by atoms with Gasteiger partial charge in [-0.05, 0) is 30.3 Å². The molecule has 0 atom stereocenters. The standard InChI is InChI=1S/C16H17F3N4O3S/c1-26-12-2-4-13(5-3-12)27(24,25)23-10-8-22(9-11-23)15-20-7-6-14(21-15)16(17,18)19/h2-7H,8-11H2,1H3. The number of hydrogen-bond acceptors (Lipinski definition) is 6. The van der Waals surface area contributed by atoms with E-state index in [2.05, 4.69) is 9.97 Å². The van der Waals surface area contributed by atoms with Gasteiger partial charge >= 0.3 is 6.18 Å². The maximum atomic E-state index is 12.8. The molecule has 0 unspecified atom stereocenters. The first-order chi connectivity index (χ1) is 12.7. The van der Waals surface area contributed by atoms with Gasteiger partial charge in [-0.25, -0.2) is 18.4 Å². The molecule has 146 valence electrons. The van der Waals surface area contributed by atoms with Crippen molar-refractivity contribution < 1.29 is 26.3 Å². The van der Waals surface area contributed by atoms with Crippen LogP contribution in [0.25, 0.3) is 0 Å². The van der Waals surface area contributed by atoms with E-state index in [-0.39, 0.29) is 37.0 Å². The van der Waals surface area contributed by atoms with Crippen LogP contribution in [0.3, 0.4) is 0 Å². The van der Waals surface area contributed by atoms with Gasteiger partial charge in [-0.1, -0.05) is 0 Å². The Labute approximate surface area is 154 Å². The molecule has 27 heavy (non-hydrogen) atoms. The molecule has 1 aliphatic rings. The molecule has 1 fully saturated rings. The quantitative estimate of drug-likeness (QED) is 0.779. The van der Waals surface area contributed by atoms with Gasteiger partial charge in [0.05, 0.1) is 12.0 Å². The summed E-state index contributed by atoms with van der Waals surface area (Å²) in [6, 6.07) is 6.82. The highest BCUT2D eigenvalue weighted by atomic mass is 32.2. The summed E-state index contributed by atoms with van der Waals surface area (Å²) in [6.07, 6.45) is -3.51. The molecule has 0 aliphatic carbocycles. The number of benzene rings is 1. The third kappa shape index (κ3) is 4.14. The molecule has 0 N–H and O–H groups in total. The molecule has 0 saturated carbocycles. The van der Waals surface area contributed by atoms with Crippen LogP contribution in [0, 0.1) is 0 Å². The molecular weight excluding hydrogens is 385 g/mol. The zero-order valence-electron chi connectivity index (χ0n) is 14.3. The molecule has 0 amide bonds. The van der Waals surface area contributed by atoms with E-state index in [4.69, 9.17) is 4.74 Å². The number of piperazine rings is 1. The van der Waals surface area contributed by atoms with E-state index in [1.165, 1.54) is 28.4 Å². The van der Waals surface area contributed by atoms with E-state index < -0.39 is 21.9 Å². The molecule has 3 rings (SSSR count). The lowest BCUT2D eigenvalue weighted by molar-refractivity contribution is -0.141. The third-order valence-corrected chi connectivity index (χ3v) is 6.06.